The Bertz CT molecular complexity index is 1410. The van der Waals surface area contributed by atoms with E-state index >= 15 is 0 Å². The van der Waals surface area contributed by atoms with Gasteiger partial charge < -0.3 is 35.5 Å². The molecule has 0 bridgehead atoms. The van der Waals surface area contributed by atoms with Crippen LogP contribution in [0.2, 0.25) is 0 Å². The third kappa shape index (κ3) is 16.9. The molecule has 1 saturated heterocycles. The normalized spacial score (nSPS) is 16.2. The number of rotatable bonds is 23. The van der Waals surface area contributed by atoms with Gasteiger partial charge in [0.2, 0.25) is 29.5 Å². The van der Waals surface area contributed by atoms with Gasteiger partial charge >= 0.3 is 6.09 Å². The molecule has 4 N–H and O–H groups in total. The number of carbonyl (C=O) groups is 7. The second kappa shape index (κ2) is 22.0. The minimum Gasteiger partial charge on any atom is -0.445 e. The molecule has 1 heterocycles. The highest BCUT2D eigenvalue weighted by atomic mass is 16.5. The van der Waals surface area contributed by atoms with E-state index in [4.69, 9.17) is 14.2 Å². The third-order valence-corrected chi connectivity index (χ3v) is 8.74. The van der Waals surface area contributed by atoms with Crippen LogP contribution >= 0.6 is 0 Å². The molecule has 1 aromatic carbocycles. The Morgan fingerprint density at radius 2 is 1.62 bits per heavy atom. The highest BCUT2D eigenvalue weighted by Gasteiger charge is 2.35. The maximum Gasteiger partial charge on any atom is 0.407 e. The van der Waals surface area contributed by atoms with Gasteiger partial charge in [-0.1, -0.05) is 39.8 Å². The molecule has 15 heteroatoms. The zero-order valence-electron chi connectivity index (χ0n) is 32.5. The summed E-state index contributed by atoms with van der Waals surface area (Å²) in [5.74, 6) is -1.98. The van der Waals surface area contributed by atoms with Gasteiger partial charge in [-0.15, -0.1) is 0 Å². The molecule has 296 valence electrons. The van der Waals surface area contributed by atoms with Crippen LogP contribution in [0, 0.1) is 17.8 Å². The lowest BCUT2D eigenvalue weighted by molar-refractivity contribution is -0.139. The molecule has 53 heavy (non-hydrogen) atoms. The lowest BCUT2D eigenvalue weighted by Crippen LogP contribution is -2.53. The molecule has 1 aliphatic heterocycles. The van der Waals surface area contributed by atoms with Crippen LogP contribution in [0.25, 0.3) is 0 Å². The number of ether oxygens (including phenoxy) is 3. The molecule has 0 radical (unpaired) electrons. The first-order valence-corrected chi connectivity index (χ1v) is 18.3. The predicted octanol–water partition coefficient (Wildman–Crippen LogP) is 3.49. The van der Waals surface area contributed by atoms with E-state index in [2.05, 4.69) is 28.2 Å². The minimum absolute atomic E-state index is 0.0438. The Kier molecular flexibility index (Phi) is 18.6. The molecule has 1 fully saturated rings. The number of hydrogen-bond donors (Lipinski definition) is 4. The summed E-state index contributed by atoms with van der Waals surface area (Å²) < 4.78 is 16.8. The second-order valence-corrected chi connectivity index (χ2v) is 14.7. The van der Waals surface area contributed by atoms with Gasteiger partial charge in [0.05, 0.1) is 12.2 Å². The highest BCUT2D eigenvalue weighted by Crippen LogP contribution is 2.20. The van der Waals surface area contributed by atoms with Gasteiger partial charge in [-0.05, 0) is 70.1 Å². The van der Waals surface area contributed by atoms with E-state index in [1.54, 1.807) is 38.1 Å². The van der Waals surface area contributed by atoms with Crippen LogP contribution in [-0.2, 0) is 49.6 Å². The molecule has 0 spiro atoms. The lowest BCUT2D eigenvalue weighted by Gasteiger charge is -2.27. The van der Waals surface area contributed by atoms with Crippen LogP contribution < -0.4 is 21.3 Å². The van der Waals surface area contributed by atoms with Crippen molar-refractivity contribution in [2.24, 2.45) is 17.8 Å². The first kappa shape index (κ1) is 44.8. The number of nitrogens with one attached hydrogen (secondary N) is 4. The van der Waals surface area contributed by atoms with Crippen molar-refractivity contribution in [1.82, 2.24) is 20.9 Å². The van der Waals surface area contributed by atoms with Crippen LogP contribution in [0.5, 0.6) is 0 Å². The monoisotopic (exact) mass is 745 g/mol. The summed E-state index contributed by atoms with van der Waals surface area (Å²) in [6.45, 7) is 15.8. The number of anilines is 1. The maximum atomic E-state index is 13.1. The van der Waals surface area contributed by atoms with Gasteiger partial charge in [-0.25, -0.2) is 4.79 Å². The largest absolute Gasteiger partial charge is 0.445 e. The van der Waals surface area contributed by atoms with E-state index in [9.17, 15) is 33.6 Å². The SMILES string of the molecule is CC(=O)CCOCC(C)CCOC(C)(C)CCC(=O)NC(C(=O)NC(C)C(=O)Nc1ccc(COC(=O)NCCN2C(=O)CC(C)C2=O)cc1)C(C)C. The first-order valence-electron chi connectivity index (χ1n) is 18.3. The molecule has 4 atom stereocenters. The highest BCUT2D eigenvalue weighted by molar-refractivity contribution is 6.03. The van der Waals surface area contributed by atoms with E-state index in [1.807, 2.05) is 27.7 Å². The molecular weight excluding hydrogens is 686 g/mol. The Balaban J connectivity index is 1.72. The molecular formula is C38H59N5O10. The fourth-order valence-corrected chi connectivity index (χ4v) is 5.24. The molecule has 0 aliphatic carbocycles. The summed E-state index contributed by atoms with van der Waals surface area (Å²) in [4.78, 5) is 86.9. The topological polar surface area (TPSA) is 199 Å². The summed E-state index contributed by atoms with van der Waals surface area (Å²) >= 11 is 0. The molecule has 15 nitrogen and oxygen atoms in total. The zero-order valence-corrected chi connectivity index (χ0v) is 32.5. The summed E-state index contributed by atoms with van der Waals surface area (Å²) in [6, 6.07) is 4.84. The fraction of sp³-hybridized carbons (Fsp3) is 0.658. The van der Waals surface area contributed by atoms with E-state index in [1.165, 1.54) is 6.92 Å². The molecule has 6 amide bonds. The summed E-state index contributed by atoms with van der Waals surface area (Å²) in [5.41, 5.74) is 0.555. The Morgan fingerprint density at radius 1 is 0.943 bits per heavy atom. The van der Waals surface area contributed by atoms with Gasteiger partial charge in [-0.2, -0.15) is 0 Å². The number of amides is 6. The van der Waals surface area contributed by atoms with Crippen molar-refractivity contribution in [3.8, 4) is 0 Å². The molecule has 1 aliphatic rings. The molecule has 1 aromatic rings. The van der Waals surface area contributed by atoms with Crippen molar-refractivity contribution >= 4 is 47.1 Å². The van der Waals surface area contributed by atoms with Gasteiger partial charge in [-0.3, -0.25) is 33.7 Å². The lowest BCUT2D eigenvalue weighted by atomic mass is 10.00. The van der Waals surface area contributed by atoms with E-state index in [-0.39, 0.29) is 73.8 Å². The summed E-state index contributed by atoms with van der Waals surface area (Å²) in [6.07, 6.45) is 1.25. The molecule has 2 rings (SSSR count). The van der Waals surface area contributed by atoms with Gasteiger partial charge in [0.15, 0.2) is 0 Å². The average Bonchev–Trinajstić information content (AvgIpc) is 3.33. The van der Waals surface area contributed by atoms with Crippen molar-refractivity contribution in [2.45, 2.75) is 112 Å². The number of nitrogens with zero attached hydrogens (tertiary/aromatic N) is 1. The maximum absolute atomic E-state index is 13.1. The Hall–Kier alpha value is -4.37. The predicted molar refractivity (Wildman–Crippen MR) is 197 cm³/mol. The second-order valence-electron chi connectivity index (χ2n) is 14.7. The van der Waals surface area contributed by atoms with Crippen LogP contribution in [-0.4, -0.2) is 96.9 Å². The zero-order chi connectivity index (χ0) is 39.7. The quantitative estimate of drug-likeness (QED) is 0.0950. The number of imide groups is 1. The number of alkyl carbamates (subject to hydrolysis) is 1. The van der Waals surface area contributed by atoms with Crippen molar-refractivity contribution < 1.29 is 47.8 Å². The number of likely N-dealkylation sites (tertiary alicyclic amines) is 1. The van der Waals surface area contributed by atoms with Crippen molar-refractivity contribution in [1.29, 1.82) is 0 Å². The summed E-state index contributed by atoms with van der Waals surface area (Å²) in [7, 11) is 0. The van der Waals surface area contributed by atoms with Crippen LogP contribution in [0.3, 0.4) is 0 Å². The number of hydrogen-bond acceptors (Lipinski definition) is 10. The van der Waals surface area contributed by atoms with Crippen LogP contribution in [0.15, 0.2) is 24.3 Å². The van der Waals surface area contributed by atoms with Gasteiger partial charge in [0, 0.05) is 57.2 Å². The van der Waals surface area contributed by atoms with E-state index in [0.29, 0.717) is 43.9 Å². The van der Waals surface area contributed by atoms with Gasteiger partial charge in [0.25, 0.3) is 0 Å². The van der Waals surface area contributed by atoms with Crippen molar-refractivity contribution in [3.63, 3.8) is 0 Å². The summed E-state index contributed by atoms with van der Waals surface area (Å²) in [5, 5.41) is 10.7. The van der Waals surface area contributed by atoms with Gasteiger partial charge in [0.1, 0.15) is 24.5 Å². The van der Waals surface area contributed by atoms with Crippen molar-refractivity contribution in [2.75, 3.05) is 38.2 Å². The molecule has 4 unspecified atom stereocenters. The number of carbonyl (C=O) groups excluding carboxylic acids is 7. The number of Topliss-reactive ketones (excluding diaryl/α,β-unsaturated/α-hetero) is 1. The smallest absolute Gasteiger partial charge is 0.407 e. The minimum atomic E-state index is -0.907. The van der Waals surface area contributed by atoms with Crippen molar-refractivity contribution in [3.05, 3.63) is 29.8 Å². The van der Waals surface area contributed by atoms with Crippen LogP contribution in [0.4, 0.5) is 10.5 Å². The number of ketones is 1. The fourth-order valence-electron chi connectivity index (χ4n) is 5.24. The van der Waals surface area contributed by atoms with E-state index in [0.717, 1.165) is 11.3 Å². The Morgan fingerprint density at radius 3 is 2.23 bits per heavy atom. The van der Waals surface area contributed by atoms with E-state index < -0.39 is 35.6 Å². The average molecular weight is 746 g/mol. The molecule has 0 saturated carbocycles. The first-order chi connectivity index (χ1) is 24.9. The molecule has 0 aromatic heterocycles. The van der Waals surface area contributed by atoms with Crippen LogP contribution in [0.1, 0.15) is 93.1 Å². The standard InChI is InChI=1S/C38H59N5O10/c1-24(2)33(42-31(45)13-16-38(7,8)53-20-14-25(3)22-51-19-15-27(5)44)35(48)40-28(6)34(47)41-30-11-9-29(10-12-30)23-52-37(50)39-17-18-43-32(46)21-26(4)36(43)49/h9-12,24-26,28,33H,13-23H2,1-8H3,(H,39,50)(H,40,48)(H,41,47)(H,42,45). The number of benzene rings is 1. The Labute approximate surface area is 313 Å². The third-order valence-electron chi connectivity index (χ3n) is 8.74.